The van der Waals surface area contributed by atoms with Gasteiger partial charge in [0.2, 0.25) is 0 Å². The minimum absolute atomic E-state index is 0.302. The normalized spacial score (nSPS) is 10.7. The summed E-state index contributed by atoms with van der Waals surface area (Å²) in [4.78, 5) is 12.7. The molecule has 0 fully saturated rings. The number of benzene rings is 2. The van der Waals surface area contributed by atoms with Crippen LogP contribution in [0.5, 0.6) is 0 Å². The van der Waals surface area contributed by atoms with E-state index in [1.165, 1.54) is 12.1 Å². The van der Waals surface area contributed by atoms with Crippen molar-refractivity contribution in [3.05, 3.63) is 74.5 Å². The van der Waals surface area contributed by atoms with Crippen molar-refractivity contribution < 1.29 is 4.79 Å². The summed E-state index contributed by atoms with van der Waals surface area (Å²) >= 11 is 18.1. The van der Waals surface area contributed by atoms with Crippen LogP contribution in [0.25, 0.3) is 5.69 Å². The van der Waals surface area contributed by atoms with Crippen LogP contribution in [-0.2, 0) is 0 Å². The molecule has 0 atom stereocenters. The number of rotatable bonds is 4. The first-order chi connectivity index (χ1) is 12.4. The first-order valence-electron chi connectivity index (χ1n) is 7.71. The van der Waals surface area contributed by atoms with E-state index >= 15 is 0 Å². The SMILES string of the molecule is Cc1nn(-c2ccccc2)c(C)c1C(=O)NNc1c(Cl)cc(Cl)cc1Cl. The lowest BCUT2D eigenvalue weighted by Gasteiger charge is -2.12. The number of aromatic nitrogens is 2. The number of nitrogens with zero attached hydrogens (tertiary/aromatic N) is 2. The summed E-state index contributed by atoms with van der Waals surface area (Å²) in [5.74, 6) is -0.343. The number of aryl methyl sites for hydroxylation is 1. The predicted molar refractivity (Wildman–Crippen MR) is 106 cm³/mol. The predicted octanol–water partition coefficient (Wildman–Crippen LogP) is 5.21. The quantitative estimate of drug-likeness (QED) is 0.582. The zero-order valence-electron chi connectivity index (χ0n) is 14.0. The lowest BCUT2D eigenvalue weighted by molar-refractivity contribution is 0.0961. The van der Waals surface area contributed by atoms with Gasteiger partial charge in [-0.3, -0.25) is 15.6 Å². The van der Waals surface area contributed by atoms with Crippen molar-refractivity contribution in [3.8, 4) is 5.69 Å². The molecule has 0 radical (unpaired) electrons. The highest BCUT2D eigenvalue weighted by atomic mass is 35.5. The van der Waals surface area contributed by atoms with Crippen molar-refractivity contribution in [1.29, 1.82) is 0 Å². The number of carbonyl (C=O) groups is 1. The van der Waals surface area contributed by atoms with Gasteiger partial charge in [0.25, 0.3) is 5.91 Å². The molecule has 5 nitrogen and oxygen atoms in total. The minimum Gasteiger partial charge on any atom is -0.295 e. The van der Waals surface area contributed by atoms with Crippen molar-refractivity contribution in [2.45, 2.75) is 13.8 Å². The van der Waals surface area contributed by atoms with Gasteiger partial charge in [0, 0.05) is 5.02 Å². The first-order valence-corrected chi connectivity index (χ1v) is 8.84. The summed E-state index contributed by atoms with van der Waals surface area (Å²) in [5, 5.41) is 5.48. The number of hydrogen-bond acceptors (Lipinski definition) is 3. The molecule has 0 saturated heterocycles. The Bertz CT molecular complexity index is 947. The third-order valence-corrected chi connectivity index (χ3v) is 4.64. The topological polar surface area (TPSA) is 59.0 Å². The molecule has 0 aliphatic heterocycles. The Morgan fingerprint density at radius 1 is 1.04 bits per heavy atom. The van der Waals surface area contributed by atoms with Gasteiger partial charge in [0.15, 0.2) is 0 Å². The Kier molecular flexibility index (Phi) is 5.41. The molecule has 2 aromatic carbocycles. The summed E-state index contributed by atoms with van der Waals surface area (Å²) in [6.45, 7) is 3.62. The number of hydrogen-bond donors (Lipinski definition) is 2. The lowest BCUT2D eigenvalue weighted by Crippen LogP contribution is -2.30. The molecule has 8 heteroatoms. The molecule has 26 heavy (non-hydrogen) atoms. The Labute approximate surface area is 165 Å². The molecule has 1 aromatic heterocycles. The van der Waals surface area contributed by atoms with E-state index in [2.05, 4.69) is 16.0 Å². The van der Waals surface area contributed by atoms with Crippen molar-refractivity contribution >= 4 is 46.4 Å². The van der Waals surface area contributed by atoms with Gasteiger partial charge in [-0.15, -0.1) is 0 Å². The second-order valence-electron chi connectivity index (χ2n) is 5.62. The van der Waals surface area contributed by atoms with Crippen LogP contribution >= 0.6 is 34.8 Å². The monoisotopic (exact) mass is 408 g/mol. The van der Waals surface area contributed by atoms with Crippen LogP contribution < -0.4 is 10.9 Å². The van der Waals surface area contributed by atoms with E-state index in [1.807, 2.05) is 37.3 Å². The second-order valence-corrected chi connectivity index (χ2v) is 6.87. The van der Waals surface area contributed by atoms with Gasteiger partial charge in [-0.1, -0.05) is 53.0 Å². The van der Waals surface area contributed by atoms with E-state index in [0.29, 0.717) is 32.0 Å². The number of amides is 1. The van der Waals surface area contributed by atoms with Gasteiger partial charge in [-0.05, 0) is 38.1 Å². The number of halogens is 3. The zero-order valence-corrected chi connectivity index (χ0v) is 16.2. The molecule has 0 aliphatic rings. The fourth-order valence-electron chi connectivity index (χ4n) is 2.64. The van der Waals surface area contributed by atoms with E-state index in [4.69, 9.17) is 34.8 Å². The van der Waals surface area contributed by atoms with E-state index < -0.39 is 0 Å². The average Bonchev–Trinajstić information content (AvgIpc) is 2.89. The molecule has 0 bridgehead atoms. The van der Waals surface area contributed by atoms with Gasteiger partial charge in [-0.25, -0.2) is 4.68 Å². The summed E-state index contributed by atoms with van der Waals surface area (Å²) < 4.78 is 1.73. The minimum atomic E-state index is -0.343. The third-order valence-electron chi connectivity index (χ3n) is 3.83. The molecule has 3 aromatic rings. The summed E-state index contributed by atoms with van der Waals surface area (Å²) in [5.41, 5.74) is 8.42. The fourth-order valence-corrected chi connectivity index (χ4v) is 3.55. The Morgan fingerprint density at radius 2 is 1.65 bits per heavy atom. The lowest BCUT2D eigenvalue weighted by atomic mass is 10.2. The van der Waals surface area contributed by atoms with Crippen LogP contribution in [0.2, 0.25) is 15.1 Å². The van der Waals surface area contributed by atoms with E-state index in [9.17, 15) is 4.79 Å². The smallest absolute Gasteiger partial charge is 0.273 e. The highest BCUT2D eigenvalue weighted by molar-refractivity contribution is 6.41. The second kappa shape index (κ2) is 7.58. The van der Waals surface area contributed by atoms with Crippen LogP contribution in [0.4, 0.5) is 5.69 Å². The average molecular weight is 410 g/mol. The maximum atomic E-state index is 12.7. The summed E-state index contributed by atoms with van der Waals surface area (Å²) in [6, 6.07) is 12.7. The molecule has 1 heterocycles. The number of carbonyl (C=O) groups excluding carboxylic acids is 1. The molecule has 0 aliphatic carbocycles. The molecule has 0 spiro atoms. The highest BCUT2D eigenvalue weighted by Gasteiger charge is 2.20. The van der Waals surface area contributed by atoms with Crippen LogP contribution in [-0.4, -0.2) is 15.7 Å². The standard InChI is InChI=1S/C18H15Cl3N4O/c1-10-16(11(2)25(24-10)13-6-4-3-5-7-13)18(26)23-22-17-14(20)8-12(19)9-15(17)21/h3-9,22H,1-2H3,(H,23,26). The van der Waals surface area contributed by atoms with Gasteiger partial charge < -0.3 is 0 Å². The number of nitrogens with one attached hydrogen (secondary N) is 2. The molecular weight excluding hydrogens is 395 g/mol. The highest BCUT2D eigenvalue weighted by Crippen LogP contribution is 2.33. The number of hydrazine groups is 1. The van der Waals surface area contributed by atoms with Gasteiger partial charge in [-0.2, -0.15) is 5.10 Å². The molecule has 134 valence electrons. The van der Waals surface area contributed by atoms with E-state index in [-0.39, 0.29) is 5.91 Å². The zero-order chi connectivity index (χ0) is 18.8. The van der Waals surface area contributed by atoms with Crippen molar-refractivity contribution in [3.63, 3.8) is 0 Å². The molecule has 3 rings (SSSR count). The van der Waals surface area contributed by atoms with Crippen molar-refractivity contribution in [1.82, 2.24) is 15.2 Å². The fraction of sp³-hybridized carbons (Fsp3) is 0.111. The first kappa shape index (κ1) is 18.6. The van der Waals surface area contributed by atoms with Crippen LogP contribution in [0, 0.1) is 13.8 Å². The van der Waals surface area contributed by atoms with Crippen molar-refractivity contribution in [2.24, 2.45) is 0 Å². The van der Waals surface area contributed by atoms with Crippen LogP contribution in [0.15, 0.2) is 42.5 Å². The Balaban J connectivity index is 1.84. The Morgan fingerprint density at radius 3 is 2.27 bits per heavy atom. The van der Waals surface area contributed by atoms with Crippen molar-refractivity contribution in [2.75, 3.05) is 5.43 Å². The van der Waals surface area contributed by atoms with Gasteiger partial charge in [0.1, 0.15) is 0 Å². The molecule has 2 N–H and O–H groups in total. The Hall–Kier alpha value is -2.21. The molecule has 0 saturated carbocycles. The maximum absolute atomic E-state index is 12.7. The molecule has 0 unspecified atom stereocenters. The maximum Gasteiger partial charge on any atom is 0.273 e. The number of para-hydroxylation sites is 1. The number of anilines is 1. The largest absolute Gasteiger partial charge is 0.295 e. The van der Waals surface area contributed by atoms with Gasteiger partial charge in [0.05, 0.1) is 38.4 Å². The van der Waals surface area contributed by atoms with E-state index in [0.717, 1.165) is 11.4 Å². The van der Waals surface area contributed by atoms with Crippen LogP contribution in [0.1, 0.15) is 21.7 Å². The summed E-state index contributed by atoms with van der Waals surface area (Å²) in [6.07, 6.45) is 0. The molecule has 1 amide bonds. The van der Waals surface area contributed by atoms with Gasteiger partial charge >= 0.3 is 0 Å². The van der Waals surface area contributed by atoms with E-state index in [1.54, 1.807) is 11.6 Å². The third kappa shape index (κ3) is 3.65. The van der Waals surface area contributed by atoms with Crippen LogP contribution in [0.3, 0.4) is 0 Å². The summed E-state index contributed by atoms with van der Waals surface area (Å²) in [7, 11) is 0. The molecular formula is C18H15Cl3N4O.